The molecule has 0 aliphatic carbocycles. The number of nitrogens with zero attached hydrogens (tertiary/aromatic N) is 1. The second-order valence-electron chi connectivity index (χ2n) is 4.99. The van der Waals surface area contributed by atoms with Crippen molar-refractivity contribution >= 4 is 0 Å². The van der Waals surface area contributed by atoms with E-state index in [4.69, 9.17) is 0 Å². The van der Waals surface area contributed by atoms with E-state index in [1.165, 1.54) is 50.2 Å². The largest absolute Gasteiger partial charge is 0.361 e. The van der Waals surface area contributed by atoms with Gasteiger partial charge in [-0.25, -0.2) is 0 Å². The number of aryl methyl sites for hydroxylation is 1. The Kier molecular flexibility index (Phi) is 5.08. The van der Waals surface area contributed by atoms with E-state index < -0.39 is 0 Å². The van der Waals surface area contributed by atoms with Crippen LogP contribution in [0.25, 0.3) is 0 Å². The normalized spacial score (nSPS) is 17.5. The van der Waals surface area contributed by atoms with E-state index in [9.17, 15) is 0 Å². The Morgan fingerprint density at radius 1 is 1.12 bits per heavy atom. The van der Waals surface area contributed by atoms with Gasteiger partial charge in [-0.15, -0.1) is 0 Å². The maximum absolute atomic E-state index is 3.56. The Hall–Kier alpha value is -0.800. The molecule has 0 aromatic carbocycles. The summed E-state index contributed by atoms with van der Waals surface area (Å²) < 4.78 is 0. The van der Waals surface area contributed by atoms with Gasteiger partial charge in [-0.05, 0) is 25.0 Å². The zero-order valence-electron chi connectivity index (χ0n) is 11.0. The molecule has 2 rings (SSSR count). The summed E-state index contributed by atoms with van der Waals surface area (Å²) in [6.07, 6.45) is 5.15. The minimum Gasteiger partial charge on any atom is -0.361 e. The Morgan fingerprint density at radius 3 is 2.65 bits per heavy atom. The topological polar surface area (TPSA) is 31.1 Å². The molecule has 1 aromatic rings. The molecule has 17 heavy (non-hydrogen) atoms. The van der Waals surface area contributed by atoms with Crippen molar-refractivity contribution in [1.29, 1.82) is 0 Å². The molecule has 3 nitrogen and oxygen atoms in total. The van der Waals surface area contributed by atoms with Crippen LogP contribution in [0.3, 0.4) is 0 Å². The Bertz CT molecular complexity index is 313. The molecule has 0 spiro atoms. The maximum Gasteiger partial charge on any atom is 0.0386 e. The molecule has 3 heteroatoms. The van der Waals surface area contributed by atoms with Crippen molar-refractivity contribution in [2.24, 2.45) is 0 Å². The van der Waals surface area contributed by atoms with E-state index in [1.54, 1.807) is 0 Å². The van der Waals surface area contributed by atoms with Crippen molar-refractivity contribution in [3.63, 3.8) is 0 Å². The second-order valence-corrected chi connectivity index (χ2v) is 4.99. The van der Waals surface area contributed by atoms with E-state index >= 15 is 0 Å². The first-order valence-corrected chi connectivity index (χ1v) is 6.98. The summed E-state index contributed by atoms with van der Waals surface area (Å²) in [5, 5.41) is 3.39. The lowest BCUT2D eigenvalue weighted by Crippen LogP contribution is -2.42. The number of hydrogen-bond acceptors (Lipinski definition) is 2. The summed E-state index contributed by atoms with van der Waals surface area (Å²) in [7, 11) is 0. The molecular weight excluding hydrogens is 210 g/mol. The fraction of sp³-hybridized carbons (Fsp3) is 0.714. The van der Waals surface area contributed by atoms with Gasteiger partial charge in [-0.2, -0.15) is 0 Å². The van der Waals surface area contributed by atoms with Gasteiger partial charge in [-0.1, -0.05) is 19.8 Å². The third-order valence-corrected chi connectivity index (χ3v) is 3.46. The predicted molar refractivity (Wildman–Crippen MR) is 72.2 cm³/mol. The molecule has 2 N–H and O–H groups in total. The highest BCUT2D eigenvalue weighted by Gasteiger charge is 2.10. The summed E-state index contributed by atoms with van der Waals surface area (Å²) in [6.45, 7) is 7.93. The SMILES string of the molecule is CCCCCc1ccc(CN2CCNCC2)[nH]1. The lowest BCUT2D eigenvalue weighted by Gasteiger charge is -2.26. The molecule has 1 saturated heterocycles. The summed E-state index contributed by atoms with van der Waals surface area (Å²) >= 11 is 0. The average Bonchev–Trinajstić information content (AvgIpc) is 2.79. The van der Waals surface area contributed by atoms with Gasteiger partial charge in [0.15, 0.2) is 0 Å². The number of aromatic amines is 1. The van der Waals surface area contributed by atoms with Crippen molar-refractivity contribution in [2.45, 2.75) is 39.2 Å². The van der Waals surface area contributed by atoms with Crippen LogP contribution in [0.5, 0.6) is 0 Å². The van der Waals surface area contributed by atoms with Gasteiger partial charge in [0.05, 0.1) is 0 Å². The maximum atomic E-state index is 3.56. The zero-order chi connectivity index (χ0) is 11.9. The molecule has 96 valence electrons. The van der Waals surface area contributed by atoms with Crippen molar-refractivity contribution < 1.29 is 0 Å². The van der Waals surface area contributed by atoms with Crippen molar-refractivity contribution in [3.8, 4) is 0 Å². The van der Waals surface area contributed by atoms with E-state index in [1.807, 2.05) is 0 Å². The zero-order valence-corrected chi connectivity index (χ0v) is 11.0. The Morgan fingerprint density at radius 2 is 1.88 bits per heavy atom. The van der Waals surface area contributed by atoms with Crippen LogP contribution in [0.1, 0.15) is 37.6 Å². The molecule has 0 saturated carbocycles. The number of unbranched alkanes of at least 4 members (excludes halogenated alkanes) is 2. The van der Waals surface area contributed by atoms with Gasteiger partial charge >= 0.3 is 0 Å². The van der Waals surface area contributed by atoms with Crippen LogP contribution in [-0.4, -0.2) is 36.1 Å². The van der Waals surface area contributed by atoms with E-state index in [-0.39, 0.29) is 0 Å². The first kappa shape index (κ1) is 12.7. The molecule has 1 aliphatic rings. The van der Waals surface area contributed by atoms with Crippen LogP contribution in [0, 0.1) is 0 Å². The number of hydrogen-bond donors (Lipinski definition) is 2. The average molecular weight is 235 g/mol. The highest BCUT2D eigenvalue weighted by atomic mass is 15.2. The molecule has 0 amide bonds. The first-order valence-electron chi connectivity index (χ1n) is 6.98. The minimum absolute atomic E-state index is 1.08. The predicted octanol–water partition coefficient (Wildman–Crippen LogP) is 2.15. The molecule has 2 heterocycles. The number of nitrogens with one attached hydrogen (secondary N) is 2. The highest BCUT2D eigenvalue weighted by molar-refractivity contribution is 5.13. The lowest BCUT2D eigenvalue weighted by atomic mass is 10.2. The molecule has 0 unspecified atom stereocenters. The Labute approximate surface area is 105 Å². The molecule has 0 atom stereocenters. The van der Waals surface area contributed by atoms with E-state index in [2.05, 4.69) is 34.3 Å². The van der Waals surface area contributed by atoms with E-state index in [0.29, 0.717) is 0 Å². The van der Waals surface area contributed by atoms with Gasteiger partial charge < -0.3 is 10.3 Å². The van der Waals surface area contributed by atoms with Crippen molar-refractivity contribution in [3.05, 3.63) is 23.5 Å². The summed E-state index contributed by atoms with van der Waals surface area (Å²) in [4.78, 5) is 6.07. The van der Waals surface area contributed by atoms with E-state index in [0.717, 1.165) is 19.6 Å². The van der Waals surface area contributed by atoms with Crippen LogP contribution in [-0.2, 0) is 13.0 Å². The van der Waals surface area contributed by atoms with Crippen molar-refractivity contribution in [2.75, 3.05) is 26.2 Å². The summed E-state index contributed by atoms with van der Waals surface area (Å²) in [6, 6.07) is 4.51. The van der Waals surface area contributed by atoms with Gasteiger partial charge in [0.2, 0.25) is 0 Å². The van der Waals surface area contributed by atoms with Gasteiger partial charge in [0.1, 0.15) is 0 Å². The molecule has 1 fully saturated rings. The summed E-state index contributed by atoms with van der Waals surface area (Å²) in [5.41, 5.74) is 2.78. The van der Waals surface area contributed by atoms with Crippen molar-refractivity contribution in [1.82, 2.24) is 15.2 Å². The van der Waals surface area contributed by atoms with Crippen LogP contribution in [0.4, 0.5) is 0 Å². The van der Waals surface area contributed by atoms with Crippen LogP contribution < -0.4 is 5.32 Å². The third-order valence-electron chi connectivity index (χ3n) is 3.46. The fourth-order valence-corrected chi connectivity index (χ4v) is 2.40. The number of piperazine rings is 1. The molecular formula is C14H25N3. The quantitative estimate of drug-likeness (QED) is 0.740. The Balaban J connectivity index is 1.76. The minimum atomic E-state index is 1.08. The monoisotopic (exact) mass is 235 g/mol. The fourth-order valence-electron chi connectivity index (χ4n) is 2.40. The lowest BCUT2D eigenvalue weighted by molar-refractivity contribution is 0.231. The first-order chi connectivity index (χ1) is 8.38. The standard InChI is InChI=1S/C14H25N3/c1-2-3-4-5-13-6-7-14(16-13)12-17-10-8-15-9-11-17/h6-7,15-16H,2-5,8-12H2,1H3. The number of aromatic nitrogens is 1. The molecule has 1 aromatic heterocycles. The molecule has 0 bridgehead atoms. The summed E-state index contributed by atoms with van der Waals surface area (Å²) in [5.74, 6) is 0. The third kappa shape index (κ3) is 4.17. The molecule has 1 aliphatic heterocycles. The highest BCUT2D eigenvalue weighted by Crippen LogP contribution is 2.09. The molecule has 0 radical (unpaired) electrons. The smallest absolute Gasteiger partial charge is 0.0386 e. The van der Waals surface area contributed by atoms with Crippen LogP contribution >= 0.6 is 0 Å². The van der Waals surface area contributed by atoms with Crippen LogP contribution in [0.15, 0.2) is 12.1 Å². The number of H-pyrrole nitrogens is 1. The van der Waals surface area contributed by atoms with Gasteiger partial charge in [0.25, 0.3) is 0 Å². The van der Waals surface area contributed by atoms with Crippen LogP contribution in [0.2, 0.25) is 0 Å². The van der Waals surface area contributed by atoms with Gasteiger partial charge in [0, 0.05) is 44.1 Å². The second kappa shape index (κ2) is 6.82. The van der Waals surface area contributed by atoms with Gasteiger partial charge in [-0.3, -0.25) is 4.90 Å². The number of rotatable bonds is 6.